The van der Waals surface area contributed by atoms with Crippen LogP contribution >= 0.6 is 0 Å². The van der Waals surface area contributed by atoms with E-state index in [1.54, 1.807) is 42.5 Å². The number of furan rings is 1. The summed E-state index contributed by atoms with van der Waals surface area (Å²) in [5, 5.41) is 7.78. The molecule has 0 aliphatic rings. The normalized spacial score (nSPS) is 10.3. The Bertz CT molecular complexity index is 631. The SMILES string of the molecule is CNC(=O)Nc1ccc(NC(=O)/C=C/c2ccco2)cc1. The van der Waals surface area contributed by atoms with E-state index in [0.29, 0.717) is 17.1 Å². The first kappa shape index (κ1) is 14.4. The van der Waals surface area contributed by atoms with Gasteiger partial charge in [0, 0.05) is 24.5 Å². The van der Waals surface area contributed by atoms with Crippen LogP contribution in [0.3, 0.4) is 0 Å². The van der Waals surface area contributed by atoms with E-state index in [-0.39, 0.29) is 11.9 Å². The van der Waals surface area contributed by atoms with Gasteiger partial charge < -0.3 is 20.4 Å². The summed E-state index contributed by atoms with van der Waals surface area (Å²) in [7, 11) is 1.54. The molecule has 0 spiro atoms. The standard InChI is InChI=1S/C15H15N3O3/c1-16-15(20)18-12-6-4-11(5-7-12)17-14(19)9-8-13-3-2-10-21-13/h2-10H,1H3,(H,17,19)(H2,16,18,20)/b9-8+. The van der Waals surface area contributed by atoms with Crippen molar-refractivity contribution >= 4 is 29.4 Å². The van der Waals surface area contributed by atoms with E-state index in [2.05, 4.69) is 16.0 Å². The van der Waals surface area contributed by atoms with Gasteiger partial charge in [-0.2, -0.15) is 0 Å². The van der Waals surface area contributed by atoms with E-state index < -0.39 is 0 Å². The Morgan fingerprint density at radius 1 is 1.05 bits per heavy atom. The van der Waals surface area contributed by atoms with Gasteiger partial charge in [0.25, 0.3) is 0 Å². The molecule has 0 saturated heterocycles. The van der Waals surface area contributed by atoms with Crippen LogP contribution in [0.5, 0.6) is 0 Å². The van der Waals surface area contributed by atoms with Crippen molar-refractivity contribution in [1.29, 1.82) is 0 Å². The molecule has 1 aromatic heterocycles. The minimum Gasteiger partial charge on any atom is -0.465 e. The van der Waals surface area contributed by atoms with Crippen LogP contribution in [0.15, 0.2) is 53.2 Å². The third-order valence-corrected chi connectivity index (χ3v) is 2.58. The summed E-state index contributed by atoms with van der Waals surface area (Å²) in [5.41, 5.74) is 1.27. The van der Waals surface area contributed by atoms with Crippen LogP contribution < -0.4 is 16.0 Å². The number of hydrogen-bond acceptors (Lipinski definition) is 3. The molecular weight excluding hydrogens is 270 g/mol. The van der Waals surface area contributed by atoms with Crippen molar-refractivity contribution < 1.29 is 14.0 Å². The topological polar surface area (TPSA) is 83.4 Å². The number of amides is 3. The Morgan fingerprint density at radius 3 is 2.29 bits per heavy atom. The molecule has 3 N–H and O–H groups in total. The van der Waals surface area contributed by atoms with Crippen LogP contribution in [0.2, 0.25) is 0 Å². The highest BCUT2D eigenvalue weighted by Crippen LogP contribution is 2.13. The molecule has 2 aromatic rings. The molecule has 0 aliphatic carbocycles. The molecule has 0 atom stereocenters. The summed E-state index contributed by atoms with van der Waals surface area (Å²) < 4.78 is 5.08. The fourth-order valence-electron chi connectivity index (χ4n) is 1.56. The largest absolute Gasteiger partial charge is 0.465 e. The van der Waals surface area contributed by atoms with Crippen molar-refractivity contribution in [2.75, 3.05) is 17.7 Å². The fraction of sp³-hybridized carbons (Fsp3) is 0.0667. The van der Waals surface area contributed by atoms with Gasteiger partial charge in [0.05, 0.1) is 6.26 Å². The van der Waals surface area contributed by atoms with E-state index in [1.807, 2.05) is 0 Å². The number of carbonyl (C=O) groups excluding carboxylic acids is 2. The Morgan fingerprint density at radius 2 is 1.71 bits per heavy atom. The van der Waals surface area contributed by atoms with Crippen molar-refractivity contribution in [3.63, 3.8) is 0 Å². The molecule has 0 saturated carbocycles. The molecule has 6 heteroatoms. The van der Waals surface area contributed by atoms with Gasteiger partial charge in [-0.3, -0.25) is 4.79 Å². The van der Waals surface area contributed by atoms with Crippen LogP contribution in [-0.2, 0) is 4.79 Å². The Hall–Kier alpha value is -3.02. The van der Waals surface area contributed by atoms with Gasteiger partial charge in [0.1, 0.15) is 5.76 Å². The van der Waals surface area contributed by atoms with Crippen LogP contribution in [0.1, 0.15) is 5.76 Å². The van der Waals surface area contributed by atoms with E-state index in [0.717, 1.165) is 0 Å². The number of nitrogens with one attached hydrogen (secondary N) is 3. The maximum atomic E-state index is 11.7. The first-order chi connectivity index (χ1) is 10.2. The van der Waals surface area contributed by atoms with Crippen LogP contribution in [-0.4, -0.2) is 19.0 Å². The van der Waals surface area contributed by atoms with Crippen LogP contribution in [0.25, 0.3) is 6.08 Å². The van der Waals surface area contributed by atoms with Crippen molar-refractivity contribution in [1.82, 2.24) is 5.32 Å². The fourth-order valence-corrected chi connectivity index (χ4v) is 1.56. The lowest BCUT2D eigenvalue weighted by Crippen LogP contribution is -2.24. The summed E-state index contributed by atoms with van der Waals surface area (Å²) in [6, 6.07) is 9.99. The molecule has 1 aromatic carbocycles. The number of carbonyl (C=O) groups is 2. The summed E-state index contributed by atoms with van der Waals surface area (Å²) >= 11 is 0. The highest BCUT2D eigenvalue weighted by Gasteiger charge is 2.01. The van der Waals surface area contributed by atoms with E-state index in [4.69, 9.17) is 4.42 Å². The Balaban J connectivity index is 1.90. The zero-order chi connectivity index (χ0) is 15.1. The van der Waals surface area contributed by atoms with Crippen LogP contribution in [0.4, 0.5) is 16.2 Å². The van der Waals surface area contributed by atoms with Gasteiger partial charge in [-0.15, -0.1) is 0 Å². The van der Waals surface area contributed by atoms with Crippen molar-refractivity contribution in [2.24, 2.45) is 0 Å². The summed E-state index contributed by atoms with van der Waals surface area (Å²) in [6.45, 7) is 0. The summed E-state index contributed by atoms with van der Waals surface area (Å²) in [6.07, 6.45) is 4.50. The van der Waals surface area contributed by atoms with Gasteiger partial charge in [-0.05, 0) is 42.5 Å². The monoisotopic (exact) mass is 285 g/mol. The molecule has 108 valence electrons. The smallest absolute Gasteiger partial charge is 0.318 e. The van der Waals surface area contributed by atoms with Gasteiger partial charge in [0.2, 0.25) is 5.91 Å². The van der Waals surface area contributed by atoms with Gasteiger partial charge in [-0.1, -0.05) is 0 Å². The maximum absolute atomic E-state index is 11.7. The number of rotatable bonds is 4. The first-order valence-electron chi connectivity index (χ1n) is 6.29. The highest BCUT2D eigenvalue weighted by atomic mass is 16.3. The third-order valence-electron chi connectivity index (χ3n) is 2.58. The van der Waals surface area contributed by atoms with E-state index >= 15 is 0 Å². The molecule has 6 nitrogen and oxygen atoms in total. The van der Waals surface area contributed by atoms with Gasteiger partial charge >= 0.3 is 6.03 Å². The second-order valence-corrected chi connectivity index (χ2v) is 4.12. The molecule has 0 fully saturated rings. The predicted octanol–water partition coefficient (Wildman–Crippen LogP) is 2.68. The predicted molar refractivity (Wildman–Crippen MR) is 80.9 cm³/mol. The molecule has 0 unspecified atom stereocenters. The Labute approximate surface area is 121 Å². The zero-order valence-corrected chi connectivity index (χ0v) is 11.4. The zero-order valence-electron chi connectivity index (χ0n) is 11.4. The van der Waals surface area contributed by atoms with E-state index in [1.165, 1.54) is 19.4 Å². The number of urea groups is 1. The molecule has 2 rings (SSSR count). The molecule has 3 amide bonds. The molecule has 21 heavy (non-hydrogen) atoms. The van der Waals surface area contributed by atoms with Crippen molar-refractivity contribution in [3.05, 3.63) is 54.5 Å². The molecule has 0 aliphatic heterocycles. The second kappa shape index (κ2) is 6.95. The highest BCUT2D eigenvalue weighted by molar-refractivity contribution is 6.01. The summed E-state index contributed by atoms with van der Waals surface area (Å²) in [4.78, 5) is 22.8. The van der Waals surface area contributed by atoms with E-state index in [9.17, 15) is 9.59 Å². The lowest BCUT2D eigenvalue weighted by atomic mass is 10.2. The minimum absolute atomic E-state index is 0.265. The first-order valence-corrected chi connectivity index (χ1v) is 6.29. The lowest BCUT2D eigenvalue weighted by molar-refractivity contribution is -0.111. The Kier molecular flexibility index (Phi) is 4.76. The molecule has 0 bridgehead atoms. The number of hydrogen-bond donors (Lipinski definition) is 3. The summed E-state index contributed by atoms with van der Waals surface area (Å²) in [5.74, 6) is 0.341. The average Bonchev–Trinajstić information content (AvgIpc) is 3.00. The lowest BCUT2D eigenvalue weighted by Gasteiger charge is -2.06. The molecular formula is C15H15N3O3. The van der Waals surface area contributed by atoms with Crippen molar-refractivity contribution in [2.45, 2.75) is 0 Å². The van der Waals surface area contributed by atoms with Crippen LogP contribution in [0, 0.1) is 0 Å². The molecule has 0 radical (unpaired) electrons. The molecule has 1 heterocycles. The van der Waals surface area contributed by atoms with Gasteiger partial charge in [0.15, 0.2) is 0 Å². The number of anilines is 2. The quantitative estimate of drug-likeness (QED) is 0.755. The van der Waals surface area contributed by atoms with Crippen molar-refractivity contribution in [3.8, 4) is 0 Å². The third kappa shape index (κ3) is 4.54. The maximum Gasteiger partial charge on any atom is 0.318 e. The van der Waals surface area contributed by atoms with Gasteiger partial charge in [-0.25, -0.2) is 4.79 Å². The second-order valence-electron chi connectivity index (χ2n) is 4.12. The minimum atomic E-state index is -0.298. The number of benzene rings is 1. The average molecular weight is 285 g/mol.